The van der Waals surface area contributed by atoms with Crippen LogP contribution >= 0.6 is 0 Å². The van der Waals surface area contributed by atoms with E-state index in [4.69, 9.17) is 0 Å². The number of aromatic nitrogens is 3. The molecule has 0 bridgehead atoms. The van der Waals surface area contributed by atoms with Crippen molar-refractivity contribution >= 4 is 5.78 Å². The summed E-state index contributed by atoms with van der Waals surface area (Å²) < 4.78 is 2.12. The number of rotatable bonds is 3. The molecule has 0 aliphatic carbocycles. The zero-order valence-corrected chi connectivity index (χ0v) is 13.9. The van der Waals surface area contributed by atoms with Gasteiger partial charge in [0, 0.05) is 31.5 Å². The molecule has 1 atom stereocenters. The van der Waals surface area contributed by atoms with Crippen molar-refractivity contribution in [3.63, 3.8) is 0 Å². The van der Waals surface area contributed by atoms with E-state index in [-0.39, 0.29) is 0 Å². The maximum absolute atomic E-state index is 4.42. The highest BCUT2D eigenvalue weighted by molar-refractivity contribution is 5.30. The van der Waals surface area contributed by atoms with Crippen LogP contribution in [0.15, 0.2) is 24.7 Å². The van der Waals surface area contributed by atoms with Crippen LogP contribution in [0.4, 0.5) is 0 Å². The van der Waals surface area contributed by atoms with Gasteiger partial charge >= 0.3 is 0 Å². The number of hydrogen-bond acceptors (Lipinski definition) is 4. The topological polar surface area (TPSA) is 36.7 Å². The average molecular weight is 313 g/mol. The van der Waals surface area contributed by atoms with Gasteiger partial charge in [0.2, 0.25) is 5.78 Å². The van der Waals surface area contributed by atoms with Crippen LogP contribution < -0.4 is 0 Å². The quantitative estimate of drug-likeness (QED) is 0.873. The Hall–Kier alpha value is -1.46. The highest BCUT2D eigenvalue weighted by Gasteiger charge is 2.26. The first-order valence-corrected chi connectivity index (χ1v) is 9.13. The lowest BCUT2D eigenvalue weighted by Gasteiger charge is -2.39. The van der Waals surface area contributed by atoms with E-state index in [1.54, 1.807) is 0 Å². The summed E-state index contributed by atoms with van der Waals surface area (Å²) in [4.78, 5) is 14.1. The van der Waals surface area contributed by atoms with Crippen LogP contribution in [0.2, 0.25) is 0 Å². The van der Waals surface area contributed by atoms with E-state index in [0.29, 0.717) is 0 Å². The van der Waals surface area contributed by atoms with E-state index in [2.05, 4.69) is 30.4 Å². The third kappa shape index (κ3) is 3.40. The lowest BCUT2D eigenvalue weighted by atomic mass is 10.0. The Morgan fingerprint density at radius 2 is 1.87 bits per heavy atom. The molecule has 2 aromatic heterocycles. The van der Waals surface area contributed by atoms with E-state index in [1.165, 1.54) is 70.4 Å². The molecule has 2 aliphatic rings. The summed E-state index contributed by atoms with van der Waals surface area (Å²) in [6.07, 6.45) is 14.1. The third-order valence-corrected chi connectivity index (χ3v) is 5.39. The number of piperidine rings is 1. The fourth-order valence-corrected chi connectivity index (χ4v) is 4.16. The van der Waals surface area contributed by atoms with Crippen molar-refractivity contribution in [1.82, 2.24) is 24.2 Å². The molecule has 2 aromatic rings. The van der Waals surface area contributed by atoms with E-state index < -0.39 is 0 Å². The highest BCUT2D eigenvalue weighted by Crippen LogP contribution is 2.21. The zero-order valence-electron chi connectivity index (χ0n) is 13.9. The maximum atomic E-state index is 4.42. The van der Waals surface area contributed by atoms with Crippen molar-refractivity contribution in [2.75, 3.05) is 26.2 Å². The molecular formula is C18H27N5. The fraction of sp³-hybridized carbons (Fsp3) is 0.667. The van der Waals surface area contributed by atoms with Crippen LogP contribution in [0.5, 0.6) is 0 Å². The standard InChI is InChI=1S/C18H27N5/c1-2-4-11-22(10-3-1)16-7-5-9-21(14-16)15-17-13-20-18-19-8-6-12-23(17)18/h6,8,12-13,16H,1-5,7,9-11,14-15H2. The minimum absolute atomic E-state index is 0.749. The summed E-state index contributed by atoms with van der Waals surface area (Å²) in [6, 6.07) is 2.73. The molecule has 1 unspecified atom stereocenters. The van der Waals surface area contributed by atoms with Crippen molar-refractivity contribution in [3.8, 4) is 0 Å². The fourth-order valence-electron chi connectivity index (χ4n) is 4.16. The molecule has 0 radical (unpaired) electrons. The van der Waals surface area contributed by atoms with Gasteiger partial charge in [-0.25, -0.2) is 9.97 Å². The van der Waals surface area contributed by atoms with E-state index in [0.717, 1.165) is 18.4 Å². The van der Waals surface area contributed by atoms with Gasteiger partial charge in [-0.3, -0.25) is 14.2 Å². The average Bonchev–Trinajstić information content (AvgIpc) is 2.82. The first-order valence-electron chi connectivity index (χ1n) is 9.13. The van der Waals surface area contributed by atoms with Gasteiger partial charge in [-0.1, -0.05) is 12.8 Å². The van der Waals surface area contributed by atoms with Crippen LogP contribution in [0, 0.1) is 0 Å². The predicted octanol–water partition coefficient (Wildman–Crippen LogP) is 2.57. The molecule has 0 aromatic carbocycles. The summed E-state index contributed by atoms with van der Waals surface area (Å²) in [5.74, 6) is 0.809. The van der Waals surface area contributed by atoms with E-state index in [1.807, 2.05) is 18.5 Å². The largest absolute Gasteiger partial charge is 0.299 e. The first-order chi connectivity index (χ1) is 11.4. The maximum Gasteiger partial charge on any atom is 0.233 e. The van der Waals surface area contributed by atoms with Gasteiger partial charge in [0.15, 0.2) is 0 Å². The van der Waals surface area contributed by atoms with Gasteiger partial charge in [-0.05, 0) is 51.4 Å². The van der Waals surface area contributed by atoms with Crippen LogP contribution in [-0.4, -0.2) is 56.4 Å². The molecular weight excluding hydrogens is 286 g/mol. The number of hydrogen-bond donors (Lipinski definition) is 0. The molecule has 124 valence electrons. The van der Waals surface area contributed by atoms with Gasteiger partial charge in [-0.15, -0.1) is 0 Å². The Kier molecular flexibility index (Phi) is 4.57. The van der Waals surface area contributed by atoms with Crippen LogP contribution in [-0.2, 0) is 6.54 Å². The zero-order chi connectivity index (χ0) is 15.5. The number of imidazole rings is 1. The van der Waals surface area contributed by atoms with Gasteiger partial charge in [0.1, 0.15) is 0 Å². The first kappa shape index (κ1) is 15.1. The van der Waals surface area contributed by atoms with E-state index in [9.17, 15) is 0 Å². The monoisotopic (exact) mass is 313 g/mol. The Bertz CT molecular complexity index is 629. The van der Waals surface area contributed by atoms with Gasteiger partial charge in [-0.2, -0.15) is 0 Å². The van der Waals surface area contributed by atoms with E-state index >= 15 is 0 Å². The molecule has 23 heavy (non-hydrogen) atoms. The molecule has 5 heteroatoms. The molecule has 4 rings (SSSR count). The molecule has 0 amide bonds. The lowest BCUT2D eigenvalue weighted by molar-refractivity contribution is 0.0947. The molecule has 2 aliphatic heterocycles. The third-order valence-electron chi connectivity index (χ3n) is 5.39. The predicted molar refractivity (Wildman–Crippen MR) is 91.3 cm³/mol. The molecule has 2 fully saturated rings. The minimum Gasteiger partial charge on any atom is -0.299 e. The number of nitrogens with zero attached hydrogens (tertiary/aromatic N) is 5. The molecule has 5 nitrogen and oxygen atoms in total. The second kappa shape index (κ2) is 6.97. The van der Waals surface area contributed by atoms with Crippen molar-refractivity contribution in [2.45, 2.75) is 51.1 Å². The Balaban J connectivity index is 1.43. The molecule has 0 saturated carbocycles. The molecule has 4 heterocycles. The van der Waals surface area contributed by atoms with Crippen LogP contribution in [0.3, 0.4) is 0 Å². The molecule has 0 spiro atoms. The van der Waals surface area contributed by atoms with Gasteiger partial charge < -0.3 is 0 Å². The van der Waals surface area contributed by atoms with Crippen LogP contribution in [0.1, 0.15) is 44.2 Å². The summed E-state index contributed by atoms with van der Waals surface area (Å²) in [5.41, 5.74) is 1.25. The number of fused-ring (bicyclic) bond motifs is 1. The second-order valence-corrected chi connectivity index (χ2v) is 7.02. The summed E-state index contributed by atoms with van der Waals surface area (Å²) in [6.45, 7) is 6.00. The van der Waals surface area contributed by atoms with Crippen molar-refractivity contribution in [3.05, 3.63) is 30.4 Å². The number of likely N-dealkylation sites (tertiary alicyclic amines) is 2. The Morgan fingerprint density at radius 3 is 2.74 bits per heavy atom. The Morgan fingerprint density at radius 1 is 1.00 bits per heavy atom. The van der Waals surface area contributed by atoms with Crippen molar-refractivity contribution in [2.24, 2.45) is 0 Å². The van der Waals surface area contributed by atoms with Crippen molar-refractivity contribution in [1.29, 1.82) is 0 Å². The molecule has 2 saturated heterocycles. The lowest BCUT2D eigenvalue weighted by Crippen LogP contribution is -2.48. The van der Waals surface area contributed by atoms with Gasteiger partial charge in [0.25, 0.3) is 0 Å². The smallest absolute Gasteiger partial charge is 0.233 e. The highest BCUT2D eigenvalue weighted by atomic mass is 15.2. The van der Waals surface area contributed by atoms with Crippen molar-refractivity contribution < 1.29 is 0 Å². The Labute approximate surface area is 138 Å². The SMILES string of the molecule is c1cnc2ncc(CN3CCCC(N4CCCCCC4)C3)n2c1. The summed E-state index contributed by atoms with van der Waals surface area (Å²) in [5, 5.41) is 0. The molecule has 0 N–H and O–H groups in total. The normalized spacial score (nSPS) is 24.8. The van der Waals surface area contributed by atoms with Gasteiger partial charge in [0.05, 0.1) is 11.9 Å². The van der Waals surface area contributed by atoms with Crippen LogP contribution in [0.25, 0.3) is 5.78 Å². The summed E-state index contributed by atoms with van der Waals surface area (Å²) >= 11 is 0. The summed E-state index contributed by atoms with van der Waals surface area (Å²) in [7, 11) is 0. The second-order valence-electron chi connectivity index (χ2n) is 7.02. The minimum atomic E-state index is 0.749.